The molecule has 0 bridgehead atoms. The number of H-pyrrole nitrogens is 2. The molecule has 56 heavy (non-hydrogen) atoms. The number of likely N-dealkylation sites (N-methyl/N-ethyl adjacent to an activating group) is 1. The molecule has 2 aliphatic heterocycles. The van der Waals surface area contributed by atoms with Gasteiger partial charge in [-0.1, -0.05) is 52.0 Å². The SMILES string of the molecule is COC(=O)N[C@H](C(=O)N1CCCC1c1ncc(-c2ccc3c4ccc(-c5cnc([C@@H]6CCCN6C(=O)[C@H](C(C)C)N(C)C(=O)O)[nH]5)cc4n(C)c3c2)[nH]1)C(C)C. The summed E-state index contributed by atoms with van der Waals surface area (Å²) in [5.41, 5.74) is 5.70. The third-order valence-electron chi connectivity index (χ3n) is 11.5. The summed E-state index contributed by atoms with van der Waals surface area (Å²) in [6, 6.07) is 10.7. The van der Waals surface area contributed by atoms with E-state index in [1.165, 1.54) is 14.2 Å². The molecule has 4 atom stereocenters. The van der Waals surface area contributed by atoms with Crippen LogP contribution in [0.15, 0.2) is 48.8 Å². The fraction of sp³-hybridized carbons (Fsp3) is 0.463. The minimum Gasteiger partial charge on any atom is -0.465 e. The second kappa shape index (κ2) is 15.3. The average Bonchev–Trinajstić information content (AvgIpc) is 4.03. The lowest BCUT2D eigenvalue weighted by atomic mass is 10.0. The number of hydrogen-bond donors (Lipinski definition) is 4. The van der Waals surface area contributed by atoms with Crippen LogP contribution in [-0.4, -0.2) is 108 Å². The zero-order valence-electron chi connectivity index (χ0n) is 33.0. The summed E-state index contributed by atoms with van der Waals surface area (Å²) in [7, 11) is 4.79. The Hall–Kier alpha value is -5.86. The van der Waals surface area contributed by atoms with Crippen molar-refractivity contribution in [2.45, 2.75) is 77.5 Å². The highest BCUT2D eigenvalue weighted by Crippen LogP contribution is 2.37. The summed E-state index contributed by atoms with van der Waals surface area (Å²) in [6.07, 6.45) is 5.01. The van der Waals surface area contributed by atoms with Gasteiger partial charge in [0.15, 0.2) is 0 Å². The fourth-order valence-electron chi connectivity index (χ4n) is 8.54. The minimum absolute atomic E-state index is 0.117. The van der Waals surface area contributed by atoms with Gasteiger partial charge in [-0.2, -0.15) is 0 Å². The summed E-state index contributed by atoms with van der Waals surface area (Å²) in [5, 5.41) is 14.6. The number of imidazole rings is 2. The van der Waals surface area contributed by atoms with Crippen LogP contribution in [0.2, 0.25) is 0 Å². The van der Waals surface area contributed by atoms with Crippen molar-refractivity contribution in [2.24, 2.45) is 18.9 Å². The van der Waals surface area contributed by atoms with Crippen LogP contribution >= 0.6 is 0 Å². The van der Waals surface area contributed by atoms with E-state index in [1.807, 2.05) is 45.8 Å². The number of fused-ring (bicyclic) bond motifs is 3. The summed E-state index contributed by atoms with van der Waals surface area (Å²) < 4.78 is 6.94. The van der Waals surface area contributed by atoms with Gasteiger partial charge in [0.1, 0.15) is 23.7 Å². The van der Waals surface area contributed by atoms with Gasteiger partial charge >= 0.3 is 12.2 Å². The number of rotatable bonds is 10. The van der Waals surface area contributed by atoms with Gasteiger partial charge in [0.25, 0.3) is 0 Å². The molecule has 7 rings (SSSR count). The quantitative estimate of drug-likeness (QED) is 0.125. The third-order valence-corrected chi connectivity index (χ3v) is 11.5. The maximum atomic E-state index is 13.7. The molecule has 2 saturated heterocycles. The molecule has 0 saturated carbocycles. The number of nitrogens with zero attached hydrogens (tertiary/aromatic N) is 6. The summed E-state index contributed by atoms with van der Waals surface area (Å²) in [5.74, 6) is 0.756. The number of amides is 4. The van der Waals surface area contributed by atoms with E-state index in [0.717, 1.165) is 74.9 Å². The fourth-order valence-corrected chi connectivity index (χ4v) is 8.54. The summed E-state index contributed by atoms with van der Waals surface area (Å²) in [6.45, 7) is 8.66. The number of carboxylic acid groups (broad SMARTS) is 1. The molecule has 4 amide bonds. The molecule has 2 fully saturated rings. The Bertz CT molecular complexity index is 2290. The minimum atomic E-state index is -1.13. The van der Waals surface area contributed by atoms with Crippen LogP contribution in [0.3, 0.4) is 0 Å². The molecular weight excluding hydrogens is 715 g/mol. The molecule has 2 aromatic carbocycles. The highest BCUT2D eigenvalue weighted by molar-refractivity contribution is 6.09. The first-order valence-electron chi connectivity index (χ1n) is 19.3. The largest absolute Gasteiger partial charge is 0.465 e. The van der Waals surface area contributed by atoms with Gasteiger partial charge in [0, 0.05) is 60.1 Å². The van der Waals surface area contributed by atoms with E-state index in [-0.39, 0.29) is 35.7 Å². The van der Waals surface area contributed by atoms with Crippen molar-refractivity contribution < 1.29 is 29.0 Å². The zero-order valence-corrected chi connectivity index (χ0v) is 33.0. The maximum Gasteiger partial charge on any atom is 0.407 e. The molecule has 0 radical (unpaired) electrons. The molecule has 0 spiro atoms. The van der Waals surface area contributed by atoms with Crippen molar-refractivity contribution in [3.8, 4) is 22.5 Å². The predicted octanol–water partition coefficient (Wildman–Crippen LogP) is 6.45. The molecular formula is C41H51N9O6. The molecule has 5 heterocycles. The third kappa shape index (κ3) is 6.94. The van der Waals surface area contributed by atoms with E-state index in [9.17, 15) is 24.3 Å². The Labute approximate surface area is 325 Å². The van der Waals surface area contributed by atoms with Crippen LogP contribution in [0.4, 0.5) is 9.59 Å². The van der Waals surface area contributed by atoms with E-state index in [1.54, 1.807) is 11.1 Å². The molecule has 0 aliphatic carbocycles. The Morgan fingerprint density at radius 1 is 0.821 bits per heavy atom. The van der Waals surface area contributed by atoms with Crippen LogP contribution in [-0.2, 0) is 21.4 Å². The van der Waals surface area contributed by atoms with E-state index < -0.39 is 24.3 Å². The molecule has 15 heteroatoms. The molecule has 5 aromatic rings. The summed E-state index contributed by atoms with van der Waals surface area (Å²) in [4.78, 5) is 72.2. The van der Waals surface area contributed by atoms with Crippen LogP contribution in [0.1, 0.15) is 77.1 Å². The van der Waals surface area contributed by atoms with Gasteiger partial charge in [-0.05, 0) is 49.7 Å². The monoisotopic (exact) mass is 765 g/mol. The second-order valence-electron chi connectivity index (χ2n) is 15.7. The molecule has 3 aromatic heterocycles. The van der Waals surface area contributed by atoms with Crippen molar-refractivity contribution in [1.29, 1.82) is 0 Å². The normalized spacial score (nSPS) is 18.3. The molecule has 296 valence electrons. The van der Waals surface area contributed by atoms with Crippen molar-refractivity contribution in [3.05, 3.63) is 60.4 Å². The van der Waals surface area contributed by atoms with Gasteiger partial charge in [-0.15, -0.1) is 0 Å². The Morgan fingerprint density at radius 3 is 1.77 bits per heavy atom. The number of benzene rings is 2. The second-order valence-corrected chi connectivity index (χ2v) is 15.7. The van der Waals surface area contributed by atoms with E-state index in [4.69, 9.17) is 14.7 Å². The maximum absolute atomic E-state index is 13.7. The molecule has 1 unspecified atom stereocenters. The lowest BCUT2D eigenvalue weighted by Gasteiger charge is -2.33. The van der Waals surface area contributed by atoms with Gasteiger partial charge in [0.05, 0.1) is 43.0 Å². The van der Waals surface area contributed by atoms with Gasteiger partial charge in [-0.3, -0.25) is 14.5 Å². The number of nitrogens with one attached hydrogen (secondary N) is 3. The Balaban J connectivity index is 1.12. The molecule has 15 nitrogen and oxygen atoms in total. The molecule has 4 N–H and O–H groups in total. The number of carbonyl (C=O) groups is 4. The summed E-state index contributed by atoms with van der Waals surface area (Å²) >= 11 is 0. The van der Waals surface area contributed by atoms with E-state index in [0.29, 0.717) is 24.7 Å². The van der Waals surface area contributed by atoms with Gasteiger partial charge < -0.3 is 39.5 Å². The highest BCUT2D eigenvalue weighted by atomic mass is 16.5. The number of hydrogen-bond acceptors (Lipinski definition) is 7. The first kappa shape index (κ1) is 38.4. The van der Waals surface area contributed by atoms with Crippen LogP contribution in [0.25, 0.3) is 44.3 Å². The molecule has 2 aliphatic rings. The van der Waals surface area contributed by atoms with Crippen molar-refractivity contribution in [3.63, 3.8) is 0 Å². The van der Waals surface area contributed by atoms with E-state index in [2.05, 4.69) is 56.3 Å². The predicted molar refractivity (Wildman–Crippen MR) is 212 cm³/mol. The smallest absolute Gasteiger partial charge is 0.407 e. The number of aromatic nitrogens is 5. The van der Waals surface area contributed by atoms with Crippen LogP contribution in [0.5, 0.6) is 0 Å². The lowest BCUT2D eigenvalue weighted by Crippen LogP contribution is -2.51. The zero-order chi connectivity index (χ0) is 40.0. The number of alkyl carbamates (subject to hydrolysis) is 1. The van der Waals surface area contributed by atoms with Crippen LogP contribution < -0.4 is 5.32 Å². The number of likely N-dealkylation sites (tertiary alicyclic amines) is 2. The number of aryl methyl sites for hydroxylation is 1. The number of ether oxygens (including phenoxy) is 1. The number of methoxy groups -OCH3 is 1. The van der Waals surface area contributed by atoms with Gasteiger partial charge in [-0.25, -0.2) is 19.6 Å². The van der Waals surface area contributed by atoms with Crippen LogP contribution in [0, 0.1) is 11.8 Å². The average molecular weight is 766 g/mol. The van der Waals surface area contributed by atoms with Gasteiger partial charge in [0.2, 0.25) is 11.8 Å². The lowest BCUT2D eigenvalue weighted by molar-refractivity contribution is -0.138. The topological polar surface area (TPSA) is 182 Å². The first-order chi connectivity index (χ1) is 26.8. The standard InChI is InChI=1S/C41H51N9O6/c1-22(2)34(46-40(53)56-7)38(51)49-16-8-10-30(49)36-42-20-28(44-36)24-12-14-26-27-15-13-25(19-33(27)47(5)32(26)18-24)29-21-43-37(45-29)31-11-9-17-50(31)39(52)35(23(3)4)48(6)41(54)55/h12-15,18-23,30-31,34-35H,8-11,16-17H2,1-7H3,(H,42,44)(H,43,45)(H,46,53)(H,54,55)/t30?,31-,34-,35-/m0/s1. The number of carbonyl (C=O) groups excluding carboxylic acids is 3. The van der Waals surface area contributed by atoms with Crippen molar-refractivity contribution >= 4 is 45.8 Å². The first-order valence-corrected chi connectivity index (χ1v) is 19.3. The number of aromatic amines is 2. The van der Waals surface area contributed by atoms with Crippen molar-refractivity contribution in [2.75, 3.05) is 27.2 Å². The Morgan fingerprint density at radius 2 is 1.32 bits per heavy atom. The highest BCUT2D eigenvalue weighted by Gasteiger charge is 2.40. The van der Waals surface area contributed by atoms with Crippen molar-refractivity contribution in [1.82, 2.24) is 44.5 Å². The van der Waals surface area contributed by atoms with E-state index >= 15 is 0 Å². The Kier molecular flexibility index (Phi) is 10.5.